The summed E-state index contributed by atoms with van der Waals surface area (Å²) in [7, 11) is 0. The molecule has 0 saturated carbocycles. The molecule has 0 spiro atoms. The second-order valence-corrected chi connectivity index (χ2v) is 5.28. The van der Waals surface area contributed by atoms with Gasteiger partial charge in [0.1, 0.15) is 12.1 Å². The summed E-state index contributed by atoms with van der Waals surface area (Å²) in [6.07, 6.45) is 3.34. The van der Waals surface area contributed by atoms with E-state index in [1.165, 1.54) is 5.56 Å². The van der Waals surface area contributed by atoms with E-state index in [1.54, 1.807) is 12.5 Å². The van der Waals surface area contributed by atoms with Gasteiger partial charge >= 0.3 is 0 Å². The molecule has 0 atom stereocenters. The van der Waals surface area contributed by atoms with Gasteiger partial charge in [-0.1, -0.05) is 26.0 Å². The van der Waals surface area contributed by atoms with E-state index >= 15 is 0 Å². The summed E-state index contributed by atoms with van der Waals surface area (Å²) >= 11 is 2.22. The number of halogens is 1. The number of rotatable bonds is 3. The topological polar surface area (TPSA) is 37.8 Å². The molecular formula is C13H14IN3. The molecule has 0 aliphatic heterocycles. The van der Waals surface area contributed by atoms with E-state index < -0.39 is 0 Å². The highest BCUT2D eigenvalue weighted by atomic mass is 127. The fourth-order valence-electron chi connectivity index (χ4n) is 1.49. The van der Waals surface area contributed by atoms with Crippen molar-refractivity contribution in [1.29, 1.82) is 0 Å². The maximum absolute atomic E-state index is 4.20. The molecule has 0 radical (unpaired) electrons. The second-order valence-electron chi connectivity index (χ2n) is 4.12. The summed E-state index contributed by atoms with van der Waals surface area (Å²) in [5, 5.41) is 3.28. The molecule has 3 nitrogen and oxygen atoms in total. The molecule has 0 aliphatic rings. The Bertz CT molecular complexity index is 494. The van der Waals surface area contributed by atoms with Gasteiger partial charge in [-0.3, -0.25) is 0 Å². The Kier molecular flexibility index (Phi) is 3.93. The average Bonchev–Trinajstić information content (AvgIpc) is 2.33. The van der Waals surface area contributed by atoms with Crippen molar-refractivity contribution in [2.24, 2.45) is 0 Å². The number of nitrogens with zero attached hydrogens (tertiary/aromatic N) is 2. The second kappa shape index (κ2) is 5.44. The van der Waals surface area contributed by atoms with Crippen molar-refractivity contribution in [3.63, 3.8) is 0 Å². The van der Waals surface area contributed by atoms with Gasteiger partial charge in [-0.25, -0.2) is 9.97 Å². The van der Waals surface area contributed by atoms with Gasteiger partial charge in [0.15, 0.2) is 0 Å². The average molecular weight is 339 g/mol. The van der Waals surface area contributed by atoms with E-state index in [0.717, 1.165) is 15.1 Å². The number of hydrogen-bond donors (Lipinski definition) is 1. The fourth-order valence-corrected chi connectivity index (χ4v) is 1.93. The standard InChI is InChI=1S/C13H14IN3/c1-9(2)10-3-5-11(6-4-10)17-13-12(14)7-15-8-16-13/h3-9H,1-2H3,(H,15,16,17). The molecule has 2 rings (SSSR count). The highest BCUT2D eigenvalue weighted by molar-refractivity contribution is 14.1. The summed E-state index contributed by atoms with van der Waals surface area (Å²) in [6, 6.07) is 8.43. The summed E-state index contributed by atoms with van der Waals surface area (Å²) in [6.45, 7) is 4.38. The Morgan fingerprint density at radius 1 is 1.18 bits per heavy atom. The van der Waals surface area contributed by atoms with Gasteiger partial charge in [0.2, 0.25) is 0 Å². The predicted octanol–water partition coefficient (Wildman–Crippen LogP) is 3.95. The lowest BCUT2D eigenvalue weighted by Crippen LogP contribution is -1.97. The van der Waals surface area contributed by atoms with Crippen LogP contribution in [0, 0.1) is 3.57 Å². The molecule has 1 aromatic heterocycles. The van der Waals surface area contributed by atoms with E-state index in [0.29, 0.717) is 5.92 Å². The third kappa shape index (κ3) is 3.15. The van der Waals surface area contributed by atoms with Gasteiger partial charge < -0.3 is 5.32 Å². The third-order valence-electron chi connectivity index (χ3n) is 2.51. The number of nitrogens with one attached hydrogen (secondary N) is 1. The number of anilines is 2. The van der Waals surface area contributed by atoms with E-state index in [2.05, 4.69) is 76.0 Å². The number of aromatic nitrogens is 2. The molecule has 0 amide bonds. The molecule has 0 saturated heterocycles. The molecule has 1 heterocycles. The van der Waals surface area contributed by atoms with Crippen LogP contribution < -0.4 is 5.32 Å². The Labute approximate surface area is 115 Å². The quantitative estimate of drug-likeness (QED) is 0.861. The van der Waals surface area contributed by atoms with Crippen LogP contribution >= 0.6 is 22.6 Å². The van der Waals surface area contributed by atoms with Gasteiger partial charge in [0.25, 0.3) is 0 Å². The molecule has 0 fully saturated rings. The minimum Gasteiger partial charge on any atom is -0.339 e. The van der Waals surface area contributed by atoms with Gasteiger partial charge in [-0.15, -0.1) is 0 Å². The van der Waals surface area contributed by atoms with Crippen molar-refractivity contribution < 1.29 is 0 Å². The summed E-state index contributed by atoms with van der Waals surface area (Å²) < 4.78 is 1.01. The SMILES string of the molecule is CC(C)c1ccc(Nc2ncncc2I)cc1. The van der Waals surface area contributed by atoms with Gasteiger partial charge in [-0.05, 0) is 46.2 Å². The number of benzene rings is 1. The Balaban J connectivity index is 2.17. The normalized spacial score (nSPS) is 10.6. The van der Waals surface area contributed by atoms with Crippen LogP contribution in [0.25, 0.3) is 0 Å². The van der Waals surface area contributed by atoms with Crippen molar-refractivity contribution in [1.82, 2.24) is 9.97 Å². The van der Waals surface area contributed by atoms with Crippen LogP contribution in [0.1, 0.15) is 25.3 Å². The van der Waals surface area contributed by atoms with Crippen molar-refractivity contribution in [3.05, 3.63) is 45.9 Å². The van der Waals surface area contributed by atoms with Crippen LogP contribution in [0.5, 0.6) is 0 Å². The fraction of sp³-hybridized carbons (Fsp3) is 0.231. The van der Waals surface area contributed by atoms with Crippen LogP contribution in [0.4, 0.5) is 11.5 Å². The Morgan fingerprint density at radius 2 is 1.88 bits per heavy atom. The molecule has 4 heteroatoms. The first-order chi connectivity index (χ1) is 8.16. The van der Waals surface area contributed by atoms with Gasteiger partial charge in [0, 0.05) is 11.9 Å². The smallest absolute Gasteiger partial charge is 0.147 e. The third-order valence-corrected chi connectivity index (χ3v) is 3.30. The molecule has 0 bridgehead atoms. The lowest BCUT2D eigenvalue weighted by Gasteiger charge is -2.09. The first-order valence-corrected chi connectivity index (χ1v) is 6.57. The van der Waals surface area contributed by atoms with Crippen molar-refractivity contribution in [3.8, 4) is 0 Å². The Hall–Kier alpha value is -1.17. The van der Waals surface area contributed by atoms with Crippen LogP contribution in [-0.4, -0.2) is 9.97 Å². The van der Waals surface area contributed by atoms with Crippen LogP contribution in [0.2, 0.25) is 0 Å². The van der Waals surface area contributed by atoms with Crippen molar-refractivity contribution in [2.75, 3.05) is 5.32 Å². The lowest BCUT2D eigenvalue weighted by molar-refractivity contribution is 0.867. The monoisotopic (exact) mass is 339 g/mol. The maximum Gasteiger partial charge on any atom is 0.147 e. The number of hydrogen-bond acceptors (Lipinski definition) is 3. The van der Waals surface area contributed by atoms with E-state index in [1.807, 2.05) is 0 Å². The van der Waals surface area contributed by atoms with E-state index in [-0.39, 0.29) is 0 Å². The Morgan fingerprint density at radius 3 is 2.47 bits per heavy atom. The van der Waals surface area contributed by atoms with Crippen LogP contribution in [-0.2, 0) is 0 Å². The molecular weight excluding hydrogens is 325 g/mol. The molecule has 17 heavy (non-hydrogen) atoms. The lowest BCUT2D eigenvalue weighted by atomic mass is 10.0. The summed E-state index contributed by atoms with van der Waals surface area (Å²) in [4.78, 5) is 8.17. The first kappa shape index (κ1) is 12.3. The zero-order valence-electron chi connectivity index (χ0n) is 9.81. The van der Waals surface area contributed by atoms with Crippen molar-refractivity contribution >= 4 is 34.1 Å². The zero-order chi connectivity index (χ0) is 12.3. The minimum absolute atomic E-state index is 0.559. The zero-order valence-corrected chi connectivity index (χ0v) is 12.0. The predicted molar refractivity (Wildman–Crippen MR) is 78.6 cm³/mol. The van der Waals surface area contributed by atoms with Crippen LogP contribution in [0.15, 0.2) is 36.8 Å². The van der Waals surface area contributed by atoms with Gasteiger partial charge in [0.05, 0.1) is 3.57 Å². The van der Waals surface area contributed by atoms with E-state index in [9.17, 15) is 0 Å². The minimum atomic E-state index is 0.559. The van der Waals surface area contributed by atoms with E-state index in [4.69, 9.17) is 0 Å². The highest BCUT2D eigenvalue weighted by Gasteiger charge is 2.02. The summed E-state index contributed by atoms with van der Waals surface area (Å²) in [5.41, 5.74) is 2.39. The molecule has 88 valence electrons. The molecule has 2 aromatic rings. The molecule has 0 unspecified atom stereocenters. The van der Waals surface area contributed by atoms with Crippen molar-refractivity contribution in [2.45, 2.75) is 19.8 Å². The molecule has 1 N–H and O–H groups in total. The first-order valence-electron chi connectivity index (χ1n) is 5.49. The molecule has 0 aliphatic carbocycles. The maximum atomic E-state index is 4.20. The largest absolute Gasteiger partial charge is 0.339 e. The molecule has 1 aromatic carbocycles. The van der Waals surface area contributed by atoms with Gasteiger partial charge in [-0.2, -0.15) is 0 Å². The summed E-state index contributed by atoms with van der Waals surface area (Å²) in [5.74, 6) is 1.40. The highest BCUT2D eigenvalue weighted by Crippen LogP contribution is 2.21. The van der Waals surface area contributed by atoms with Crippen LogP contribution in [0.3, 0.4) is 0 Å².